The average Bonchev–Trinajstić information content (AvgIpc) is 2.56. The second-order valence-corrected chi connectivity index (χ2v) is 7.21. The van der Waals surface area contributed by atoms with E-state index in [-0.39, 0.29) is 0 Å². The maximum Gasteiger partial charge on any atom is 0.0441 e. The van der Waals surface area contributed by atoms with Gasteiger partial charge in [-0.1, -0.05) is 25.7 Å². The highest BCUT2D eigenvalue weighted by molar-refractivity contribution is 9.10. The van der Waals surface area contributed by atoms with Crippen molar-refractivity contribution in [3.05, 3.63) is 20.3 Å². The Morgan fingerprint density at radius 2 is 1.94 bits per heavy atom. The van der Waals surface area contributed by atoms with E-state index in [0.29, 0.717) is 6.04 Å². The Morgan fingerprint density at radius 1 is 1.29 bits per heavy atom. The zero-order valence-corrected chi connectivity index (χ0v) is 13.2. The van der Waals surface area contributed by atoms with E-state index in [0.717, 1.165) is 5.92 Å². The number of hydrogen-bond acceptors (Lipinski definition) is 2. The maximum atomic E-state index is 3.64. The highest BCUT2D eigenvalue weighted by Crippen LogP contribution is 2.38. The van der Waals surface area contributed by atoms with E-state index in [1.54, 1.807) is 0 Å². The first-order valence-corrected chi connectivity index (χ1v) is 8.26. The van der Waals surface area contributed by atoms with Crippen molar-refractivity contribution >= 4 is 27.3 Å². The van der Waals surface area contributed by atoms with Gasteiger partial charge in [0.1, 0.15) is 0 Å². The Morgan fingerprint density at radius 3 is 2.41 bits per heavy atom. The first-order chi connectivity index (χ1) is 8.22. The van der Waals surface area contributed by atoms with E-state index in [1.165, 1.54) is 52.8 Å². The molecule has 1 atom stereocenters. The Kier molecular flexibility index (Phi) is 5.07. The van der Waals surface area contributed by atoms with Crippen molar-refractivity contribution < 1.29 is 0 Å². The average molecular weight is 316 g/mol. The van der Waals surface area contributed by atoms with E-state index in [2.05, 4.69) is 41.3 Å². The van der Waals surface area contributed by atoms with Crippen LogP contribution in [0.2, 0.25) is 0 Å². The molecule has 1 saturated carbocycles. The van der Waals surface area contributed by atoms with E-state index >= 15 is 0 Å². The quantitative estimate of drug-likeness (QED) is 0.770. The number of hydrogen-bond donors (Lipinski definition) is 1. The number of rotatable bonds is 3. The molecule has 96 valence electrons. The van der Waals surface area contributed by atoms with Crippen LogP contribution in [0.4, 0.5) is 0 Å². The molecule has 1 N–H and O–H groups in total. The van der Waals surface area contributed by atoms with Gasteiger partial charge in [0, 0.05) is 20.3 Å². The molecule has 2 rings (SSSR count). The molecule has 0 bridgehead atoms. The van der Waals surface area contributed by atoms with Crippen molar-refractivity contribution in [2.75, 3.05) is 7.05 Å². The van der Waals surface area contributed by atoms with Crippen LogP contribution in [0.3, 0.4) is 0 Å². The van der Waals surface area contributed by atoms with Crippen LogP contribution >= 0.6 is 27.3 Å². The molecule has 1 fully saturated rings. The minimum Gasteiger partial charge on any atom is -0.312 e. The van der Waals surface area contributed by atoms with Gasteiger partial charge in [-0.2, -0.15) is 0 Å². The van der Waals surface area contributed by atoms with Crippen molar-refractivity contribution in [2.24, 2.45) is 5.92 Å². The van der Waals surface area contributed by atoms with Crippen LogP contribution in [-0.2, 0) is 0 Å². The molecule has 0 amide bonds. The van der Waals surface area contributed by atoms with Crippen LogP contribution in [0.15, 0.2) is 10.5 Å². The summed E-state index contributed by atoms with van der Waals surface area (Å²) in [4.78, 5) is 2.90. The minimum absolute atomic E-state index is 0.558. The second-order valence-electron chi connectivity index (χ2n) is 5.07. The maximum absolute atomic E-state index is 3.64. The third-order valence-electron chi connectivity index (χ3n) is 3.87. The number of halogens is 1. The van der Waals surface area contributed by atoms with Crippen LogP contribution < -0.4 is 5.32 Å². The van der Waals surface area contributed by atoms with Crippen molar-refractivity contribution in [1.29, 1.82) is 0 Å². The molecule has 17 heavy (non-hydrogen) atoms. The summed E-state index contributed by atoms with van der Waals surface area (Å²) in [6.07, 6.45) is 8.46. The zero-order valence-electron chi connectivity index (χ0n) is 10.8. The topological polar surface area (TPSA) is 12.0 Å². The van der Waals surface area contributed by atoms with Crippen LogP contribution in [0.1, 0.15) is 54.3 Å². The van der Waals surface area contributed by atoms with Gasteiger partial charge < -0.3 is 5.32 Å². The molecular weight excluding hydrogens is 294 g/mol. The molecular formula is C14H22BrNS. The number of nitrogens with one attached hydrogen (secondary N) is 1. The second kappa shape index (κ2) is 6.35. The summed E-state index contributed by atoms with van der Waals surface area (Å²) in [5.74, 6) is 0.826. The van der Waals surface area contributed by atoms with Gasteiger partial charge in [-0.15, -0.1) is 11.3 Å². The fourth-order valence-electron chi connectivity index (χ4n) is 2.89. The monoisotopic (exact) mass is 315 g/mol. The van der Waals surface area contributed by atoms with E-state index in [1.807, 2.05) is 11.3 Å². The Bertz CT molecular complexity index is 334. The third kappa shape index (κ3) is 3.33. The molecule has 0 aromatic carbocycles. The third-order valence-corrected chi connectivity index (χ3v) is 6.08. The molecule has 1 aliphatic rings. The molecule has 1 heterocycles. The van der Waals surface area contributed by atoms with Gasteiger partial charge in [0.15, 0.2) is 0 Å². The molecule has 0 aliphatic heterocycles. The van der Waals surface area contributed by atoms with Crippen molar-refractivity contribution in [1.82, 2.24) is 5.32 Å². The van der Waals surface area contributed by atoms with Crippen molar-refractivity contribution in [3.8, 4) is 0 Å². The largest absolute Gasteiger partial charge is 0.312 e. The van der Waals surface area contributed by atoms with Crippen LogP contribution in [0.5, 0.6) is 0 Å². The van der Waals surface area contributed by atoms with E-state index < -0.39 is 0 Å². The van der Waals surface area contributed by atoms with E-state index in [9.17, 15) is 0 Å². The highest BCUT2D eigenvalue weighted by Gasteiger charge is 2.24. The first kappa shape index (κ1) is 13.6. The van der Waals surface area contributed by atoms with E-state index in [4.69, 9.17) is 0 Å². The Balaban J connectivity index is 2.13. The summed E-state index contributed by atoms with van der Waals surface area (Å²) in [6.45, 7) is 2.19. The highest BCUT2D eigenvalue weighted by atomic mass is 79.9. The predicted molar refractivity (Wildman–Crippen MR) is 79.7 cm³/mol. The summed E-state index contributed by atoms with van der Waals surface area (Å²) in [5.41, 5.74) is 0. The summed E-state index contributed by atoms with van der Waals surface area (Å²) < 4.78 is 1.27. The van der Waals surface area contributed by atoms with Gasteiger partial charge in [-0.3, -0.25) is 0 Å². The fourth-order valence-corrected chi connectivity index (χ4v) is 4.65. The lowest BCUT2D eigenvalue weighted by Gasteiger charge is -2.24. The van der Waals surface area contributed by atoms with Gasteiger partial charge >= 0.3 is 0 Å². The molecule has 0 spiro atoms. The predicted octanol–water partition coefficient (Wildman–Crippen LogP) is 5.05. The summed E-state index contributed by atoms with van der Waals surface area (Å²) in [6, 6.07) is 2.87. The lowest BCUT2D eigenvalue weighted by molar-refractivity contribution is 0.346. The summed E-state index contributed by atoms with van der Waals surface area (Å²) in [7, 11) is 2.11. The zero-order chi connectivity index (χ0) is 12.3. The number of aryl methyl sites for hydroxylation is 1. The SMILES string of the molecule is CNC(c1cc(Br)c(C)s1)C1CCCCCC1. The molecule has 1 nitrogen and oxygen atoms in total. The van der Waals surface area contributed by atoms with Gasteiger partial charge in [0.05, 0.1) is 0 Å². The summed E-state index contributed by atoms with van der Waals surface area (Å²) in [5, 5.41) is 3.55. The smallest absolute Gasteiger partial charge is 0.0441 e. The molecule has 3 heteroatoms. The van der Waals surface area contributed by atoms with Gasteiger partial charge in [0.25, 0.3) is 0 Å². The summed E-state index contributed by atoms with van der Waals surface area (Å²) >= 11 is 5.57. The van der Waals surface area contributed by atoms with Gasteiger partial charge in [-0.25, -0.2) is 0 Å². The lowest BCUT2D eigenvalue weighted by Crippen LogP contribution is -2.24. The Hall–Kier alpha value is 0.140. The fraction of sp³-hybridized carbons (Fsp3) is 0.714. The molecule has 0 saturated heterocycles. The standard InChI is InChI=1S/C14H22BrNS/c1-10-12(15)9-13(17-10)14(16-2)11-7-5-3-4-6-8-11/h9,11,14,16H,3-8H2,1-2H3. The van der Waals surface area contributed by atoms with Crippen LogP contribution in [-0.4, -0.2) is 7.05 Å². The molecule has 1 aromatic rings. The van der Waals surface area contributed by atoms with Gasteiger partial charge in [0.2, 0.25) is 0 Å². The molecule has 0 radical (unpaired) electrons. The van der Waals surface area contributed by atoms with Crippen molar-refractivity contribution in [3.63, 3.8) is 0 Å². The molecule has 1 aliphatic carbocycles. The first-order valence-electron chi connectivity index (χ1n) is 6.65. The Labute approximate surface area is 117 Å². The molecule has 1 unspecified atom stereocenters. The molecule has 1 aromatic heterocycles. The van der Waals surface area contributed by atoms with Gasteiger partial charge in [-0.05, 0) is 54.7 Å². The van der Waals surface area contributed by atoms with Crippen molar-refractivity contribution in [2.45, 2.75) is 51.5 Å². The minimum atomic E-state index is 0.558. The number of thiophene rings is 1. The lowest BCUT2D eigenvalue weighted by atomic mass is 9.91. The normalized spacial score (nSPS) is 20.2. The van der Waals surface area contributed by atoms with Crippen LogP contribution in [0, 0.1) is 12.8 Å². The van der Waals surface area contributed by atoms with Crippen LogP contribution in [0.25, 0.3) is 0 Å².